The molecule has 48 heavy (non-hydrogen) atoms. The maximum absolute atomic E-state index is 14.1. The maximum atomic E-state index is 14.1. The molecule has 5 rings (SSSR count). The van der Waals surface area contributed by atoms with Gasteiger partial charge in [-0.05, 0) is 49.4 Å². The molecule has 2 aliphatic rings. The third kappa shape index (κ3) is 7.93. The van der Waals surface area contributed by atoms with Gasteiger partial charge in [0.25, 0.3) is 11.8 Å². The number of rotatable bonds is 7. The molecule has 1 aliphatic carbocycles. The van der Waals surface area contributed by atoms with E-state index in [4.69, 9.17) is 23.2 Å². The summed E-state index contributed by atoms with van der Waals surface area (Å²) in [5.74, 6) is -4.54. The summed E-state index contributed by atoms with van der Waals surface area (Å²) in [5.41, 5.74) is 2.01. The van der Waals surface area contributed by atoms with E-state index in [1.54, 1.807) is 61.6 Å². The minimum Gasteiger partial charge on any atom is -0.370 e. The van der Waals surface area contributed by atoms with Crippen molar-refractivity contribution in [3.63, 3.8) is 0 Å². The van der Waals surface area contributed by atoms with Crippen molar-refractivity contribution in [2.24, 2.45) is 18.4 Å². The first-order valence-electron chi connectivity index (χ1n) is 15.9. The second kappa shape index (κ2) is 13.5. The molecule has 1 aliphatic heterocycles. The number of carbonyl (C=O) groups excluding carboxylic acids is 2. The predicted molar refractivity (Wildman–Crippen MR) is 177 cm³/mol. The lowest BCUT2D eigenvalue weighted by Crippen LogP contribution is -2.42. The van der Waals surface area contributed by atoms with E-state index < -0.39 is 35.4 Å². The van der Waals surface area contributed by atoms with E-state index in [9.17, 15) is 31.5 Å². The Morgan fingerprint density at radius 3 is 2.27 bits per heavy atom. The molecule has 2 heterocycles. The van der Waals surface area contributed by atoms with Crippen LogP contribution < -0.4 is 20.9 Å². The standard InChI is InChI=1S/C33H39Cl2F5N6O2/c1-31(2,3)29(48)41-17-18-5-10-22(34)27(26(18)35)44-30-43-23-15-21(28(47)42-20-8-6-19(7-9-20)33(38,39)40)24(16-25(23)45(30)4)46-13-11-32(36,37)12-14-46/h5,10,15-16,19-20H,6-9,11-14,17H2,1-4H3,(H,41,48)(H,42,47)(H,43,44). The number of nitrogens with one attached hydrogen (secondary N) is 3. The molecule has 0 radical (unpaired) electrons. The number of hydrogen-bond donors (Lipinski definition) is 3. The van der Waals surface area contributed by atoms with Crippen molar-refractivity contribution in [1.29, 1.82) is 0 Å². The molecular weight excluding hydrogens is 678 g/mol. The molecular formula is C33H39Cl2F5N6O2. The molecule has 3 N–H and O–H groups in total. The number of nitrogens with zero attached hydrogens (tertiary/aromatic N) is 3. The van der Waals surface area contributed by atoms with Gasteiger partial charge in [0.2, 0.25) is 11.9 Å². The van der Waals surface area contributed by atoms with E-state index in [0.29, 0.717) is 38.9 Å². The first kappa shape index (κ1) is 36.0. The molecule has 0 unspecified atom stereocenters. The summed E-state index contributed by atoms with van der Waals surface area (Å²) in [6, 6.07) is 6.19. The maximum Gasteiger partial charge on any atom is 0.391 e. The average molecular weight is 718 g/mol. The molecule has 2 fully saturated rings. The van der Waals surface area contributed by atoms with Crippen LogP contribution in [0.15, 0.2) is 24.3 Å². The SMILES string of the molecule is Cn1c(Nc2c(Cl)ccc(CNC(=O)C(C)(C)C)c2Cl)nc2cc(C(=O)NC3CCC(C(F)(F)F)CC3)c(N3CCC(F)(F)CC3)cc21. The van der Waals surface area contributed by atoms with Crippen molar-refractivity contribution < 1.29 is 31.5 Å². The fourth-order valence-electron chi connectivity index (χ4n) is 6.08. The van der Waals surface area contributed by atoms with E-state index in [1.807, 2.05) is 0 Å². The van der Waals surface area contributed by atoms with Crippen LogP contribution in [0.4, 0.5) is 39.3 Å². The second-order valence-electron chi connectivity index (χ2n) is 13.7. The van der Waals surface area contributed by atoms with Crippen molar-refractivity contribution in [1.82, 2.24) is 20.2 Å². The number of halogens is 7. The number of piperidine rings is 1. The highest BCUT2D eigenvalue weighted by molar-refractivity contribution is 6.39. The number of carbonyl (C=O) groups is 2. The van der Waals surface area contributed by atoms with Crippen molar-refractivity contribution >= 4 is 63.4 Å². The Hall–Kier alpha value is -3.32. The van der Waals surface area contributed by atoms with Crippen molar-refractivity contribution in [3.8, 4) is 0 Å². The van der Waals surface area contributed by atoms with Gasteiger partial charge in [0.05, 0.1) is 43.9 Å². The zero-order chi connectivity index (χ0) is 35.2. The topological polar surface area (TPSA) is 91.3 Å². The van der Waals surface area contributed by atoms with Crippen LogP contribution in [0, 0.1) is 11.3 Å². The van der Waals surface area contributed by atoms with Gasteiger partial charge in [-0.25, -0.2) is 13.8 Å². The van der Waals surface area contributed by atoms with Gasteiger partial charge in [-0.15, -0.1) is 0 Å². The van der Waals surface area contributed by atoms with E-state index in [-0.39, 0.29) is 74.7 Å². The third-order valence-corrected chi connectivity index (χ3v) is 9.88. The van der Waals surface area contributed by atoms with E-state index in [0.717, 1.165) is 0 Å². The molecule has 15 heteroatoms. The lowest BCUT2D eigenvalue weighted by molar-refractivity contribution is -0.182. The van der Waals surface area contributed by atoms with Crippen molar-refractivity contribution in [2.45, 2.75) is 84.0 Å². The van der Waals surface area contributed by atoms with Gasteiger partial charge in [-0.1, -0.05) is 50.0 Å². The molecule has 1 aromatic heterocycles. The fourth-order valence-corrected chi connectivity index (χ4v) is 6.62. The lowest BCUT2D eigenvalue weighted by atomic mass is 9.85. The predicted octanol–water partition coefficient (Wildman–Crippen LogP) is 8.37. The van der Waals surface area contributed by atoms with Gasteiger partial charge in [0.15, 0.2) is 0 Å². The number of anilines is 3. The molecule has 1 saturated carbocycles. The third-order valence-electron chi connectivity index (χ3n) is 9.13. The molecule has 0 bridgehead atoms. The summed E-state index contributed by atoms with van der Waals surface area (Å²) in [4.78, 5) is 32.5. The van der Waals surface area contributed by atoms with Crippen LogP contribution >= 0.6 is 23.2 Å². The number of benzene rings is 2. The monoisotopic (exact) mass is 716 g/mol. The smallest absolute Gasteiger partial charge is 0.370 e. The van der Waals surface area contributed by atoms with E-state index in [1.165, 1.54) is 0 Å². The Labute approximate surface area is 285 Å². The molecule has 0 atom stereocenters. The Bertz CT molecular complexity index is 1690. The molecule has 3 aromatic rings. The molecule has 0 spiro atoms. The Kier molecular flexibility index (Phi) is 10.1. The quantitative estimate of drug-likeness (QED) is 0.214. The van der Waals surface area contributed by atoms with Gasteiger partial charge in [-0.2, -0.15) is 13.2 Å². The number of alkyl halides is 5. The van der Waals surface area contributed by atoms with Crippen LogP contribution in [-0.2, 0) is 18.4 Å². The molecule has 262 valence electrons. The summed E-state index contributed by atoms with van der Waals surface area (Å²) in [6.45, 7) is 5.60. The van der Waals surface area contributed by atoms with Gasteiger partial charge in [0.1, 0.15) is 0 Å². The highest BCUT2D eigenvalue weighted by Crippen LogP contribution is 2.40. The van der Waals surface area contributed by atoms with Gasteiger partial charge >= 0.3 is 6.18 Å². The van der Waals surface area contributed by atoms with Crippen molar-refractivity contribution in [3.05, 3.63) is 45.4 Å². The summed E-state index contributed by atoms with van der Waals surface area (Å²) >= 11 is 13.3. The van der Waals surface area contributed by atoms with Crippen molar-refractivity contribution in [2.75, 3.05) is 23.3 Å². The number of aryl methyl sites for hydroxylation is 1. The zero-order valence-electron chi connectivity index (χ0n) is 27.1. The first-order chi connectivity index (χ1) is 22.3. The van der Waals surface area contributed by atoms with Crippen LogP contribution in [-0.4, -0.2) is 52.6 Å². The highest BCUT2D eigenvalue weighted by Gasteiger charge is 2.42. The van der Waals surface area contributed by atoms with E-state index >= 15 is 0 Å². The number of hydrogen-bond acceptors (Lipinski definition) is 5. The summed E-state index contributed by atoms with van der Waals surface area (Å²) in [5, 5.41) is 9.49. The number of amides is 2. The highest BCUT2D eigenvalue weighted by atomic mass is 35.5. The molecule has 2 aromatic carbocycles. The minimum absolute atomic E-state index is 0.0161. The summed E-state index contributed by atoms with van der Waals surface area (Å²) in [7, 11) is 1.74. The van der Waals surface area contributed by atoms with Crippen LogP contribution in [0.2, 0.25) is 10.0 Å². The second-order valence-corrected chi connectivity index (χ2v) is 14.5. The molecule has 1 saturated heterocycles. The fraction of sp³-hybridized carbons (Fsp3) is 0.545. The van der Waals surface area contributed by atoms with Crippen LogP contribution in [0.5, 0.6) is 0 Å². The van der Waals surface area contributed by atoms with Crippen LogP contribution in [0.3, 0.4) is 0 Å². The normalized spacial score (nSPS) is 20.1. The number of fused-ring (bicyclic) bond motifs is 1. The van der Waals surface area contributed by atoms with Crippen LogP contribution in [0.25, 0.3) is 11.0 Å². The van der Waals surface area contributed by atoms with Crippen LogP contribution in [0.1, 0.15) is 75.2 Å². The average Bonchev–Trinajstić information content (AvgIpc) is 3.31. The Morgan fingerprint density at radius 1 is 1.02 bits per heavy atom. The molecule has 8 nitrogen and oxygen atoms in total. The Morgan fingerprint density at radius 2 is 1.67 bits per heavy atom. The van der Waals surface area contributed by atoms with E-state index in [2.05, 4.69) is 20.9 Å². The lowest BCUT2D eigenvalue weighted by Gasteiger charge is -2.35. The minimum atomic E-state index is -4.27. The Balaban J connectivity index is 1.45. The van der Waals surface area contributed by atoms with Gasteiger partial charge in [0, 0.05) is 51.0 Å². The summed E-state index contributed by atoms with van der Waals surface area (Å²) in [6.07, 6.45) is -4.82. The molecule has 2 amide bonds. The number of imidazole rings is 1. The van der Waals surface area contributed by atoms with Gasteiger partial charge < -0.3 is 25.4 Å². The first-order valence-corrected chi connectivity index (χ1v) is 16.6. The number of aromatic nitrogens is 2. The van der Waals surface area contributed by atoms with Gasteiger partial charge in [-0.3, -0.25) is 9.59 Å². The summed E-state index contributed by atoms with van der Waals surface area (Å²) < 4.78 is 69.5. The largest absolute Gasteiger partial charge is 0.391 e. The zero-order valence-corrected chi connectivity index (χ0v) is 28.6.